The van der Waals surface area contributed by atoms with Crippen molar-refractivity contribution in [2.75, 3.05) is 17.7 Å². The maximum Gasteiger partial charge on any atom is 0.293 e. The van der Waals surface area contributed by atoms with Crippen molar-refractivity contribution in [3.8, 4) is 0 Å². The average molecular weight is 411 g/mol. The lowest BCUT2D eigenvalue weighted by Crippen LogP contribution is -2.13. The average Bonchev–Trinajstić information content (AvgIpc) is 2.49. The number of aryl methyl sites for hydroxylation is 1. The second-order valence-corrected chi connectivity index (χ2v) is 5.90. The molecule has 0 aliphatic heterocycles. The summed E-state index contributed by atoms with van der Waals surface area (Å²) in [6.07, 6.45) is 0. The summed E-state index contributed by atoms with van der Waals surface area (Å²) >= 11 is 2.19. The van der Waals surface area contributed by atoms with Crippen molar-refractivity contribution in [3.63, 3.8) is 0 Å². The maximum absolute atomic E-state index is 12.3. The maximum atomic E-state index is 12.3. The van der Waals surface area contributed by atoms with Gasteiger partial charge in [0.05, 0.1) is 4.92 Å². The first-order valence-electron chi connectivity index (χ1n) is 6.46. The normalized spacial score (nSPS) is 10.1. The van der Waals surface area contributed by atoms with Crippen LogP contribution in [0.5, 0.6) is 0 Å². The smallest absolute Gasteiger partial charge is 0.293 e. The summed E-state index contributed by atoms with van der Waals surface area (Å²) in [7, 11) is 1.59. The van der Waals surface area contributed by atoms with Crippen molar-refractivity contribution in [1.82, 2.24) is 0 Å². The van der Waals surface area contributed by atoms with Crippen molar-refractivity contribution in [1.29, 1.82) is 0 Å². The van der Waals surface area contributed by atoms with Crippen molar-refractivity contribution in [2.24, 2.45) is 0 Å². The lowest BCUT2D eigenvalue weighted by atomic mass is 10.1. The van der Waals surface area contributed by atoms with E-state index in [1.807, 2.05) is 25.1 Å². The van der Waals surface area contributed by atoms with Crippen LogP contribution in [0.4, 0.5) is 17.1 Å². The number of carbonyl (C=O) groups is 1. The Labute approximate surface area is 141 Å². The van der Waals surface area contributed by atoms with Crippen LogP contribution in [-0.2, 0) is 0 Å². The number of benzene rings is 2. The minimum atomic E-state index is -0.515. The molecule has 7 heteroatoms. The third-order valence-corrected chi connectivity index (χ3v) is 3.83. The van der Waals surface area contributed by atoms with E-state index < -0.39 is 4.92 Å². The van der Waals surface area contributed by atoms with Gasteiger partial charge in [0.1, 0.15) is 5.69 Å². The number of hydrogen-bond donors (Lipinski definition) is 2. The number of carbonyl (C=O) groups excluding carboxylic acids is 1. The number of nitro benzene ring substituents is 1. The van der Waals surface area contributed by atoms with E-state index in [0.29, 0.717) is 11.4 Å². The Morgan fingerprint density at radius 3 is 2.45 bits per heavy atom. The summed E-state index contributed by atoms with van der Waals surface area (Å²) in [5.74, 6) is -0.380. The lowest BCUT2D eigenvalue weighted by molar-refractivity contribution is -0.384. The molecule has 0 saturated carbocycles. The molecule has 114 valence electrons. The Bertz CT molecular complexity index is 747. The molecule has 0 aliphatic carbocycles. The van der Waals surface area contributed by atoms with E-state index in [4.69, 9.17) is 0 Å². The van der Waals surface area contributed by atoms with Crippen LogP contribution in [0, 0.1) is 20.6 Å². The van der Waals surface area contributed by atoms with Crippen LogP contribution in [0.3, 0.4) is 0 Å². The summed E-state index contributed by atoms with van der Waals surface area (Å²) in [6, 6.07) is 9.98. The predicted molar refractivity (Wildman–Crippen MR) is 94.5 cm³/mol. The Morgan fingerprint density at radius 2 is 1.86 bits per heavy atom. The Balaban J connectivity index is 2.30. The first-order chi connectivity index (χ1) is 10.4. The predicted octanol–water partition coefficient (Wildman–Crippen LogP) is 3.80. The van der Waals surface area contributed by atoms with E-state index in [1.165, 1.54) is 12.1 Å². The number of rotatable bonds is 4. The van der Waals surface area contributed by atoms with E-state index in [2.05, 4.69) is 33.2 Å². The van der Waals surface area contributed by atoms with Crippen LogP contribution in [0.25, 0.3) is 0 Å². The molecule has 0 bridgehead atoms. The molecule has 0 fully saturated rings. The zero-order valence-electron chi connectivity index (χ0n) is 12.0. The molecule has 6 nitrogen and oxygen atoms in total. The summed E-state index contributed by atoms with van der Waals surface area (Å²) < 4.78 is 1.07. The first kappa shape index (κ1) is 16.2. The zero-order valence-corrected chi connectivity index (χ0v) is 14.2. The fraction of sp³-hybridized carbons (Fsp3) is 0.133. The fourth-order valence-corrected chi connectivity index (χ4v) is 2.64. The van der Waals surface area contributed by atoms with Gasteiger partial charge in [-0.25, -0.2) is 0 Å². The van der Waals surface area contributed by atoms with Crippen LogP contribution in [0.1, 0.15) is 15.9 Å². The minimum Gasteiger partial charge on any atom is -0.383 e. The van der Waals surface area contributed by atoms with Gasteiger partial charge in [0.25, 0.3) is 11.6 Å². The Hall–Kier alpha value is -2.16. The second kappa shape index (κ2) is 6.73. The molecule has 0 unspecified atom stereocenters. The van der Waals surface area contributed by atoms with Crippen molar-refractivity contribution in [2.45, 2.75) is 6.92 Å². The Kier molecular flexibility index (Phi) is 4.96. The molecule has 0 radical (unpaired) electrons. The van der Waals surface area contributed by atoms with Gasteiger partial charge in [-0.15, -0.1) is 0 Å². The zero-order chi connectivity index (χ0) is 16.3. The molecular formula is C15H14IN3O3. The van der Waals surface area contributed by atoms with Crippen molar-refractivity contribution in [3.05, 3.63) is 61.2 Å². The second-order valence-electron chi connectivity index (χ2n) is 4.65. The van der Waals surface area contributed by atoms with Gasteiger partial charge in [0, 0.05) is 27.9 Å². The molecule has 0 aromatic heterocycles. The Morgan fingerprint density at radius 1 is 1.18 bits per heavy atom. The first-order valence-corrected chi connectivity index (χ1v) is 7.54. The van der Waals surface area contributed by atoms with Gasteiger partial charge in [-0.05, 0) is 65.4 Å². The minimum absolute atomic E-state index is 0.130. The highest BCUT2D eigenvalue weighted by atomic mass is 127. The quantitative estimate of drug-likeness (QED) is 0.456. The van der Waals surface area contributed by atoms with Crippen molar-refractivity contribution >= 4 is 45.6 Å². The standard InChI is InChI=1S/C15H14IN3O3/c1-9-7-11(16)4-6-12(9)18-15(20)10-3-5-13(17-2)14(8-10)19(21)22/h3-8,17H,1-2H3,(H,18,20). The monoisotopic (exact) mass is 411 g/mol. The molecule has 2 N–H and O–H groups in total. The molecule has 0 atom stereocenters. The lowest BCUT2D eigenvalue weighted by Gasteiger charge is -2.09. The number of hydrogen-bond acceptors (Lipinski definition) is 4. The van der Waals surface area contributed by atoms with E-state index in [9.17, 15) is 14.9 Å². The summed E-state index contributed by atoms with van der Waals surface area (Å²) in [4.78, 5) is 22.8. The number of amides is 1. The van der Waals surface area contributed by atoms with Crippen LogP contribution in [0.15, 0.2) is 36.4 Å². The topological polar surface area (TPSA) is 84.3 Å². The van der Waals surface area contributed by atoms with Crippen molar-refractivity contribution < 1.29 is 9.72 Å². The van der Waals surface area contributed by atoms with E-state index in [-0.39, 0.29) is 17.2 Å². The van der Waals surface area contributed by atoms with Crippen LogP contribution in [0.2, 0.25) is 0 Å². The molecule has 0 spiro atoms. The van der Waals surface area contributed by atoms with Gasteiger partial charge in [0.15, 0.2) is 0 Å². The summed E-state index contributed by atoms with van der Waals surface area (Å²) in [5.41, 5.74) is 2.09. The fourth-order valence-electron chi connectivity index (χ4n) is 2.00. The van der Waals surface area contributed by atoms with Crippen LogP contribution in [-0.4, -0.2) is 17.9 Å². The molecule has 0 saturated heterocycles. The van der Waals surface area contributed by atoms with Gasteiger partial charge in [-0.2, -0.15) is 0 Å². The number of nitrogens with zero attached hydrogens (tertiary/aromatic N) is 1. The molecule has 2 rings (SSSR count). The third-order valence-electron chi connectivity index (χ3n) is 3.16. The SMILES string of the molecule is CNc1ccc(C(=O)Nc2ccc(I)cc2C)cc1[N+](=O)[O-]. The van der Waals surface area contributed by atoms with Gasteiger partial charge >= 0.3 is 0 Å². The number of anilines is 2. The number of nitro groups is 1. The van der Waals surface area contributed by atoms with Gasteiger partial charge in [0.2, 0.25) is 0 Å². The molecule has 2 aromatic rings. The van der Waals surface area contributed by atoms with E-state index in [0.717, 1.165) is 9.13 Å². The molecular weight excluding hydrogens is 397 g/mol. The largest absolute Gasteiger partial charge is 0.383 e. The van der Waals surface area contributed by atoms with Gasteiger partial charge < -0.3 is 10.6 Å². The van der Waals surface area contributed by atoms with Crippen LogP contribution < -0.4 is 10.6 Å². The summed E-state index contributed by atoms with van der Waals surface area (Å²) in [5, 5.41) is 16.5. The molecule has 22 heavy (non-hydrogen) atoms. The summed E-state index contributed by atoms with van der Waals surface area (Å²) in [6.45, 7) is 1.89. The van der Waals surface area contributed by atoms with E-state index in [1.54, 1.807) is 13.1 Å². The number of nitrogens with one attached hydrogen (secondary N) is 2. The molecule has 0 heterocycles. The molecule has 1 amide bonds. The van der Waals surface area contributed by atoms with E-state index >= 15 is 0 Å². The van der Waals surface area contributed by atoms with Gasteiger partial charge in [-0.1, -0.05) is 0 Å². The highest BCUT2D eigenvalue weighted by molar-refractivity contribution is 14.1. The highest BCUT2D eigenvalue weighted by Gasteiger charge is 2.17. The molecule has 0 aliphatic rings. The third kappa shape index (κ3) is 3.53. The highest BCUT2D eigenvalue weighted by Crippen LogP contribution is 2.26. The van der Waals surface area contributed by atoms with Gasteiger partial charge in [-0.3, -0.25) is 14.9 Å². The number of halogens is 1. The van der Waals surface area contributed by atoms with Crippen LogP contribution >= 0.6 is 22.6 Å². The molecule has 2 aromatic carbocycles.